The maximum atomic E-state index is 2.63. The molecule has 4 heteroatoms. The van der Waals surface area contributed by atoms with Crippen LogP contribution in [0.2, 0.25) is 0 Å². The van der Waals surface area contributed by atoms with Crippen LogP contribution in [0, 0.1) is 0 Å². The van der Waals surface area contributed by atoms with E-state index in [2.05, 4.69) is 322 Å². The predicted octanol–water partition coefficient (Wildman–Crippen LogP) is 21.6. The standard InChI is InChI=1S/C78H50N4/c1-7-25-51(26-8-1)59-37-19-21-43-67(59)79(55-33-15-5-16-34-55)57-45-47-61-63-39-23-41-65-73-72(54-31-13-4-14-32-54)78-74(71(53-29-11-3-12-30-53)77(73)81(75(63)65)69(61)49-57)66-42-24-40-64-62-48-46-58(50-70(62)82(78)76(64)66)80(56-35-17-6-18-36-56)68-44-22-20-38-60(68)52-27-9-2-10-28-52/h1-50H. The molecule has 0 spiro atoms. The molecular weight excluding hydrogens is 993 g/mol. The monoisotopic (exact) mass is 1040 g/mol. The van der Waals surface area contributed by atoms with E-state index in [1.54, 1.807) is 0 Å². The molecule has 17 aromatic rings. The molecule has 82 heavy (non-hydrogen) atoms. The van der Waals surface area contributed by atoms with Crippen molar-refractivity contribution in [3.63, 3.8) is 0 Å². The molecule has 0 aliphatic rings. The summed E-state index contributed by atoms with van der Waals surface area (Å²) < 4.78 is 5.26. The van der Waals surface area contributed by atoms with Crippen molar-refractivity contribution in [2.45, 2.75) is 0 Å². The Morgan fingerprint density at radius 3 is 0.939 bits per heavy atom. The molecule has 4 heterocycles. The molecule has 0 bridgehead atoms. The molecule has 0 aliphatic heterocycles. The first-order valence-electron chi connectivity index (χ1n) is 28.3. The van der Waals surface area contributed by atoms with Crippen LogP contribution in [0.3, 0.4) is 0 Å². The highest BCUT2D eigenvalue weighted by atomic mass is 15.2. The van der Waals surface area contributed by atoms with Crippen molar-refractivity contribution in [3.05, 3.63) is 303 Å². The summed E-state index contributed by atoms with van der Waals surface area (Å²) in [5.74, 6) is 0. The minimum atomic E-state index is 1.08. The van der Waals surface area contributed by atoms with E-state index in [1.807, 2.05) is 0 Å². The van der Waals surface area contributed by atoms with Gasteiger partial charge in [-0.2, -0.15) is 0 Å². The van der Waals surface area contributed by atoms with Crippen LogP contribution >= 0.6 is 0 Å². The van der Waals surface area contributed by atoms with Gasteiger partial charge in [0.2, 0.25) is 0 Å². The first-order valence-corrected chi connectivity index (χ1v) is 28.3. The van der Waals surface area contributed by atoms with Crippen LogP contribution in [0.25, 0.3) is 121 Å². The molecular formula is C78H50N4. The minimum absolute atomic E-state index is 1.08. The van der Waals surface area contributed by atoms with Gasteiger partial charge in [0.05, 0.1) is 44.5 Å². The number of anilines is 6. The van der Waals surface area contributed by atoms with Crippen molar-refractivity contribution in [1.29, 1.82) is 0 Å². The Bertz CT molecular complexity index is 4910. The number of rotatable bonds is 10. The third-order valence-electron chi connectivity index (χ3n) is 17.1. The number of hydrogen-bond acceptors (Lipinski definition) is 2. The topological polar surface area (TPSA) is 15.3 Å². The highest BCUT2D eigenvalue weighted by Gasteiger charge is 2.31. The Labute approximate surface area is 474 Å². The molecule has 0 atom stereocenters. The zero-order valence-corrected chi connectivity index (χ0v) is 44.7. The van der Waals surface area contributed by atoms with Gasteiger partial charge in [-0.3, -0.25) is 0 Å². The fourth-order valence-corrected chi connectivity index (χ4v) is 13.8. The molecule has 0 unspecified atom stereocenters. The molecule has 4 nitrogen and oxygen atoms in total. The smallest absolute Gasteiger partial charge is 0.0634 e. The number of aromatic nitrogens is 2. The van der Waals surface area contributed by atoms with Crippen molar-refractivity contribution in [2.24, 2.45) is 0 Å². The van der Waals surface area contributed by atoms with E-state index in [4.69, 9.17) is 0 Å². The van der Waals surface area contributed by atoms with Crippen LogP contribution in [0.1, 0.15) is 0 Å². The van der Waals surface area contributed by atoms with E-state index in [9.17, 15) is 0 Å². The summed E-state index contributed by atoms with van der Waals surface area (Å²) in [7, 11) is 0. The summed E-state index contributed by atoms with van der Waals surface area (Å²) >= 11 is 0. The third-order valence-corrected chi connectivity index (χ3v) is 17.1. The highest BCUT2D eigenvalue weighted by Crippen LogP contribution is 2.55. The maximum Gasteiger partial charge on any atom is 0.0634 e. The first-order chi connectivity index (χ1) is 40.8. The number of para-hydroxylation sites is 6. The van der Waals surface area contributed by atoms with Crippen LogP contribution in [0.15, 0.2) is 303 Å². The van der Waals surface area contributed by atoms with Crippen molar-refractivity contribution < 1.29 is 0 Å². The SMILES string of the molecule is c1ccc(-c2ccccc2N(c2ccccc2)c2ccc3c4cccc5c6c(-c7ccccc7)c7c(c(-c8ccccc8)c6n(c3c2)c45)c2cccc3c4ccc(N(c5ccccc5)c5ccccc5-c5ccccc5)cc4n7c32)cc1. The first kappa shape index (κ1) is 46.0. The zero-order valence-electron chi connectivity index (χ0n) is 44.7. The Hall–Kier alpha value is -10.9. The molecule has 0 radical (unpaired) electrons. The van der Waals surface area contributed by atoms with Gasteiger partial charge in [0, 0.05) is 88.1 Å². The van der Waals surface area contributed by atoms with Crippen molar-refractivity contribution >= 4 is 110 Å². The number of benzene rings is 13. The van der Waals surface area contributed by atoms with Crippen LogP contribution < -0.4 is 9.80 Å². The Kier molecular flexibility index (Phi) is 10.3. The molecule has 0 amide bonds. The van der Waals surface area contributed by atoms with E-state index < -0.39 is 0 Å². The number of hydrogen-bond donors (Lipinski definition) is 0. The van der Waals surface area contributed by atoms with Gasteiger partial charge in [0.25, 0.3) is 0 Å². The molecule has 382 valence electrons. The molecule has 0 saturated carbocycles. The maximum absolute atomic E-state index is 2.63. The summed E-state index contributed by atoms with van der Waals surface area (Å²) in [5, 5.41) is 9.87. The molecule has 0 fully saturated rings. The van der Waals surface area contributed by atoms with E-state index in [-0.39, 0.29) is 0 Å². The zero-order chi connectivity index (χ0) is 53.8. The summed E-state index contributed by atoms with van der Waals surface area (Å²) in [5.41, 5.74) is 23.3. The van der Waals surface area contributed by atoms with Crippen LogP contribution in [0.5, 0.6) is 0 Å². The summed E-state index contributed by atoms with van der Waals surface area (Å²) in [6.45, 7) is 0. The lowest BCUT2D eigenvalue weighted by molar-refractivity contribution is 1.28. The quantitative estimate of drug-likeness (QED) is 0.136. The van der Waals surface area contributed by atoms with E-state index in [0.29, 0.717) is 0 Å². The summed E-state index contributed by atoms with van der Waals surface area (Å²) in [6, 6.07) is 111. The number of nitrogens with zero attached hydrogens (tertiary/aromatic N) is 4. The lowest BCUT2D eigenvalue weighted by Gasteiger charge is -2.28. The Morgan fingerprint density at radius 1 is 0.220 bits per heavy atom. The van der Waals surface area contributed by atoms with Crippen LogP contribution in [-0.4, -0.2) is 8.80 Å². The largest absolute Gasteiger partial charge is 0.310 e. The van der Waals surface area contributed by atoms with Crippen LogP contribution in [-0.2, 0) is 0 Å². The van der Waals surface area contributed by atoms with Gasteiger partial charge in [-0.15, -0.1) is 0 Å². The van der Waals surface area contributed by atoms with Gasteiger partial charge in [-0.05, 0) is 82.9 Å². The van der Waals surface area contributed by atoms with Gasteiger partial charge >= 0.3 is 0 Å². The van der Waals surface area contributed by atoms with Crippen molar-refractivity contribution in [3.8, 4) is 44.5 Å². The van der Waals surface area contributed by atoms with Gasteiger partial charge in [-0.25, -0.2) is 0 Å². The molecule has 0 N–H and O–H groups in total. The predicted molar refractivity (Wildman–Crippen MR) is 347 cm³/mol. The second-order valence-corrected chi connectivity index (χ2v) is 21.5. The van der Waals surface area contributed by atoms with E-state index >= 15 is 0 Å². The second kappa shape index (κ2) is 18.3. The van der Waals surface area contributed by atoms with E-state index in [1.165, 1.54) is 110 Å². The van der Waals surface area contributed by atoms with Gasteiger partial charge in [0.15, 0.2) is 0 Å². The Balaban J connectivity index is 1.02. The van der Waals surface area contributed by atoms with Gasteiger partial charge in [-0.1, -0.05) is 243 Å². The Morgan fingerprint density at radius 2 is 0.549 bits per heavy atom. The molecule has 13 aromatic carbocycles. The fraction of sp³-hybridized carbons (Fsp3) is 0. The van der Waals surface area contributed by atoms with Crippen molar-refractivity contribution in [1.82, 2.24) is 8.80 Å². The third kappa shape index (κ3) is 6.79. The van der Waals surface area contributed by atoms with Crippen LogP contribution in [0.4, 0.5) is 34.1 Å². The summed E-state index contributed by atoms with van der Waals surface area (Å²) in [6.07, 6.45) is 0. The average molecular weight is 1040 g/mol. The fourth-order valence-electron chi connectivity index (χ4n) is 13.8. The van der Waals surface area contributed by atoms with Gasteiger partial charge < -0.3 is 18.6 Å². The molecule has 17 rings (SSSR count). The van der Waals surface area contributed by atoms with Gasteiger partial charge in [0.1, 0.15) is 0 Å². The molecule has 0 aliphatic carbocycles. The molecule has 4 aromatic heterocycles. The lowest BCUT2D eigenvalue weighted by atomic mass is 9.89. The van der Waals surface area contributed by atoms with Crippen molar-refractivity contribution in [2.75, 3.05) is 9.80 Å². The molecule has 0 saturated heterocycles. The van der Waals surface area contributed by atoms with E-state index in [0.717, 1.165) is 45.2 Å². The summed E-state index contributed by atoms with van der Waals surface area (Å²) in [4.78, 5) is 4.87. The minimum Gasteiger partial charge on any atom is -0.310 e. The number of fused-ring (bicyclic) bond motifs is 12. The lowest BCUT2D eigenvalue weighted by Crippen LogP contribution is -2.11. The second-order valence-electron chi connectivity index (χ2n) is 21.5. The average Bonchev–Trinajstić information content (AvgIpc) is 1.59. The normalized spacial score (nSPS) is 11.9. The highest BCUT2D eigenvalue weighted by molar-refractivity contribution is 6.38.